The molecule has 0 aliphatic carbocycles. The Labute approximate surface area is 231 Å². The molecular formula is C15H9F24O3PS. The Morgan fingerprint density at radius 3 is 0.682 bits per heavy atom. The quantitative estimate of drug-likeness (QED) is 0.103. The van der Waals surface area contributed by atoms with Crippen LogP contribution >= 0.6 is 6.72 Å². The molecule has 0 fully saturated rings. The van der Waals surface area contributed by atoms with Crippen molar-refractivity contribution in [1.29, 1.82) is 0 Å². The number of hydrogen-bond acceptors (Lipinski definition) is 4. The standard InChI is InChI=1S/C15H9F24O3PS/c16-4(17)10(28,29)13(34,35)7(22,23)1-40-43(44,41-2-8(24,25)14(36,37)11(30,31)5(18)19)42-3-9(26,27)15(38,39)12(32,33)6(20)21/h4-6H,1-3H2. The largest absolute Gasteiger partial charge is 0.380 e. The molecule has 0 radical (unpaired) electrons. The summed E-state index contributed by atoms with van der Waals surface area (Å²) in [6, 6.07) is 0. The molecule has 0 aliphatic heterocycles. The van der Waals surface area contributed by atoms with Crippen LogP contribution in [0.4, 0.5) is 105 Å². The lowest BCUT2D eigenvalue weighted by atomic mass is 10.1. The molecule has 0 rings (SSSR count). The first-order valence-corrected chi connectivity index (χ1v) is 12.3. The van der Waals surface area contributed by atoms with Gasteiger partial charge in [-0.2, -0.15) is 79.0 Å². The van der Waals surface area contributed by atoms with Crippen molar-refractivity contribution in [2.24, 2.45) is 0 Å². The second-order valence-electron chi connectivity index (χ2n) is 7.88. The summed E-state index contributed by atoms with van der Waals surface area (Å²) >= 11 is 3.61. The Balaban J connectivity index is 6.62. The summed E-state index contributed by atoms with van der Waals surface area (Å²) in [5.41, 5.74) is 0. The molecule has 0 N–H and O–H groups in total. The van der Waals surface area contributed by atoms with Gasteiger partial charge in [0.2, 0.25) is 0 Å². The van der Waals surface area contributed by atoms with Crippen molar-refractivity contribution in [2.75, 3.05) is 19.8 Å². The van der Waals surface area contributed by atoms with Crippen LogP contribution in [0.2, 0.25) is 0 Å². The molecule has 44 heavy (non-hydrogen) atoms. The fourth-order valence-corrected chi connectivity index (χ4v) is 3.67. The van der Waals surface area contributed by atoms with E-state index in [2.05, 4.69) is 25.4 Å². The van der Waals surface area contributed by atoms with Crippen molar-refractivity contribution < 1.29 is 119 Å². The van der Waals surface area contributed by atoms with E-state index in [9.17, 15) is 105 Å². The molecule has 0 bridgehead atoms. The van der Waals surface area contributed by atoms with Crippen LogP contribution in [0.5, 0.6) is 0 Å². The molecule has 3 nitrogen and oxygen atoms in total. The Morgan fingerprint density at radius 1 is 0.386 bits per heavy atom. The Morgan fingerprint density at radius 2 is 0.545 bits per heavy atom. The number of hydrogen-bond donors (Lipinski definition) is 0. The maximum absolute atomic E-state index is 13.7. The smallest absolute Gasteiger partial charge is 0.302 e. The minimum atomic E-state index is -7.35. The van der Waals surface area contributed by atoms with Gasteiger partial charge in [0.25, 0.3) is 0 Å². The Kier molecular flexibility index (Phi) is 12.5. The lowest BCUT2D eigenvalue weighted by molar-refractivity contribution is -0.347. The van der Waals surface area contributed by atoms with E-state index in [4.69, 9.17) is 0 Å². The van der Waals surface area contributed by atoms with E-state index >= 15 is 0 Å². The topological polar surface area (TPSA) is 27.7 Å². The number of halogens is 24. The van der Waals surface area contributed by atoms with Crippen LogP contribution in [0.1, 0.15) is 0 Å². The first kappa shape index (κ1) is 42.9. The summed E-state index contributed by atoms with van der Waals surface area (Å²) < 4.78 is 322. The second kappa shape index (κ2) is 12.8. The lowest BCUT2D eigenvalue weighted by Crippen LogP contribution is -2.60. The third-order valence-electron chi connectivity index (χ3n) is 4.67. The highest BCUT2D eigenvalue weighted by molar-refractivity contribution is 8.07. The van der Waals surface area contributed by atoms with Crippen molar-refractivity contribution in [3.8, 4) is 0 Å². The van der Waals surface area contributed by atoms with Gasteiger partial charge in [0.1, 0.15) is 19.8 Å². The zero-order valence-electron chi connectivity index (χ0n) is 19.5. The van der Waals surface area contributed by atoms with E-state index in [1.54, 1.807) is 0 Å². The zero-order valence-corrected chi connectivity index (χ0v) is 21.2. The molecule has 0 saturated carbocycles. The first-order valence-electron chi connectivity index (χ1n) is 9.73. The van der Waals surface area contributed by atoms with E-state index < -0.39 is 99.1 Å². The van der Waals surface area contributed by atoms with Gasteiger partial charge in [-0.25, -0.2) is 26.3 Å². The van der Waals surface area contributed by atoms with Crippen LogP contribution in [0.15, 0.2) is 0 Å². The molecule has 0 aromatic rings. The SMILES string of the molecule is FC(F)C(F)(F)C(F)(F)C(F)(F)COP(=S)(OCC(F)(F)C(F)(F)C(F)(F)C(F)F)OCC(F)(F)C(F)(F)C(F)(F)C(F)F. The summed E-state index contributed by atoms with van der Waals surface area (Å²) in [6.45, 7) is -18.3. The molecule has 0 heterocycles. The average Bonchev–Trinajstić information content (AvgIpc) is 2.84. The highest BCUT2D eigenvalue weighted by Gasteiger charge is 2.78. The molecule has 0 spiro atoms. The van der Waals surface area contributed by atoms with Gasteiger partial charge in [-0.1, -0.05) is 0 Å². The van der Waals surface area contributed by atoms with Crippen molar-refractivity contribution >= 4 is 18.5 Å². The van der Waals surface area contributed by atoms with Gasteiger partial charge in [-0.05, 0) is 11.8 Å². The van der Waals surface area contributed by atoms with Crippen LogP contribution < -0.4 is 0 Å². The van der Waals surface area contributed by atoms with Gasteiger partial charge in [-0.15, -0.1) is 0 Å². The van der Waals surface area contributed by atoms with E-state index in [-0.39, 0.29) is 0 Å². The Bertz CT molecular complexity index is 891. The zero-order chi connectivity index (χ0) is 36.0. The summed E-state index contributed by atoms with van der Waals surface area (Å²) in [6.07, 6.45) is -17.0. The summed E-state index contributed by atoms with van der Waals surface area (Å²) in [5, 5.41) is 0. The molecule has 266 valence electrons. The lowest BCUT2D eigenvalue weighted by Gasteiger charge is -2.36. The van der Waals surface area contributed by atoms with Gasteiger partial charge in [0, 0.05) is 0 Å². The third kappa shape index (κ3) is 7.69. The van der Waals surface area contributed by atoms with Gasteiger partial charge in [0.15, 0.2) is 0 Å². The fraction of sp³-hybridized carbons (Fsp3) is 1.00. The maximum atomic E-state index is 13.7. The van der Waals surface area contributed by atoms with Crippen LogP contribution in [-0.2, 0) is 25.4 Å². The van der Waals surface area contributed by atoms with Crippen molar-refractivity contribution in [3.05, 3.63) is 0 Å². The molecule has 0 unspecified atom stereocenters. The average molecular weight is 756 g/mol. The van der Waals surface area contributed by atoms with Crippen LogP contribution in [-0.4, -0.2) is 92.4 Å². The molecule has 0 aromatic heterocycles. The van der Waals surface area contributed by atoms with E-state index in [1.165, 1.54) is 0 Å². The number of alkyl halides is 24. The molecular weight excluding hydrogens is 747 g/mol. The van der Waals surface area contributed by atoms with E-state index in [0.29, 0.717) is 0 Å². The van der Waals surface area contributed by atoms with Gasteiger partial charge in [0.05, 0.1) is 0 Å². The second-order valence-corrected chi connectivity index (χ2v) is 10.9. The molecule has 0 aliphatic rings. The van der Waals surface area contributed by atoms with Crippen LogP contribution in [0.3, 0.4) is 0 Å². The van der Waals surface area contributed by atoms with Crippen LogP contribution in [0.25, 0.3) is 0 Å². The molecule has 0 amide bonds. The van der Waals surface area contributed by atoms with Crippen molar-refractivity contribution in [2.45, 2.75) is 72.6 Å². The minimum absolute atomic E-state index is 3.18. The first-order chi connectivity index (χ1) is 19.0. The predicted octanol–water partition coefficient (Wildman–Crippen LogP) is 8.77. The molecule has 29 heteroatoms. The maximum Gasteiger partial charge on any atom is 0.380 e. The highest BCUT2D eigenvalue weighted by Crippen LogP contribution is 2.58. The summed E-state index contributed by atoms with van der Waals surface area (Å²) in [7, 11) is 0. The molecule has 0 saturated heterocycles. The van der Waals surface area contributed by atoms with Gasteiger partial charge >= 0.3 is 79.3 Å². The summed E-state index contributed by atoms with van der Waals surface area (Å²) in [4.78, 5) is 0. The Hall–Kier alpha value is -1.15. The van der Waals surface area contributed by atoms with Crippen molar-refractivity contribution in [3.63, 3.8) is 0 Å². The van der Waals surface area contributed by atoms with Gasteiger partial charge < -0.3 is 13.6 Å². The third-order valence-corrected chi connectivity index (χ3v) is 6.95. The van der Waals surface area contributed by atoms with Crippen molar-refractivity contribution in [1.82, 2.24) is 0 Å². The van der Waals surface area contributed by atoms with Gasteiger partial charge in [-0.3, -0.25) is 0 Å². The summed E-state index contributed by atoms with van der Waals surface area (Å²) in [5.74, 6) is -63.8. The molecule has 0 atom stereocenters. The van der Waals surface area contributed by atoms with E-state index in [1.807, 2.05) is 0 Å². The molecule has 0 aromatic carbocycles. The monoisotopic (exact) mass is 756 g/mol. The van der Waals surface area contributed by atoms with Crippen LogP contribution in [0, 0.1) is 0 Å². The number of rotatable bonds is 18. The normalized spacial score (nSPS) is 16.1. The van der Waals surface area contributed by atoms with E-state index in [0.717, 1.165) is 0 Å². The fourth-order valence-electron chi connectivity index (χ4n) is 2.01. The predicted molar refractivity (Wildman–Crippen MR) is 94.7 cm³/mol. The highest BCUT2D eigenvalue weighted by atomic mass is 32.5. The minimum Gasteiger partial charge on any atom is -0.302 e.